The number of carboxylic acids is 1. The molecule has 0 atom stereocenters. The Kier molecular flexibility index (Phi) is 5.75. The molecule has 3 rings (SSSR count). The van der Waals surface area contributed by atoms with Crippen molar-refractivity contribution in [1.82, 2.24) is 4.98 Å². The number of rotatable bonds is 7. The maximum atomic E-state index is 11.9. The lowest BCUT2D eigenvalue weighted by Gasteiger charge is -2.10. The van der Waals surface area contributed by atoms with Gasteiger partial charge in [-0.05, 0) is 66.1 Å². The van der Waals surface area contributed by atoms with Gasteiger partial charge in [-0.1, -0.05) is 18.2 Å². The fourth-order valence-electron chi connectivity index (χ4n) is 2.82. The second kappa shape index (κ2) is 8.22. The van der Waals surface area contributed by atoms with Crippen molar-refractivity contribution in [1.29, 1.82) is 0 Å². The normalized spacial score (nSPS) is 11.2. The number of nitrogens with one attached hydrogen (secondary N) is 1. The maximum absolute atomic E-state index is 11.9. The largest absolute Gasteiger partial charge is 0.480 e. The Labute approximate surface area is 163 Å². The number of aromatic nitrogens is 1. The molecule has 0 aliphatic heterocycles. The van der Waals surface area contributed by atoms with Crippen LogP contribution < -0.4 is 5.32 Å². The summed E-state index contributed by atoms with van der Waals surface area (Å²) in [7, 11) is -3.82. The van der Waals surface area contributed by atoms with Crippen molar-refractivity contribution in [3.05, 3.63) is 78.1 Å². The number of aryl methyl sites for hydroxylation is 1. The minimum absolute atomic E-state index is 0.00416. The topological polar surface area (TPSA) is 96.4 Å². The van der Waals surface area contributed by atoms with Gasteiger partial charge in [-0.2, -0.15) is 0 Å². The number of anilines is 1. The molecule has 0 bridgehead atoms. The zero-order chi connectivity index (χ0) is 20.1. The molecule has 7 heteroatoms. The number of pyridine rings is 1. The molecular weight excluding hydrogens is 376 g/mol. The molecular formula is C21H20N2O4S. The fourth-order valence-corrected chi connectivity index (χ4v) is 3.86. The molecule has 0 aliphatic carbocycles. The molecule has 0 radical (unpaired) electrons. The van der Waals surface area contributed by atoms with Crippen LogP contribution >= 0.6 is 0 Å². The Morgan fingerprint density at radius 3 is 2.43 bits per heavy atom. The first-order valence-corrected chi connectivity index (χ1v) is 10.3. The number of benzene rings is 2. The maximum Gasteiger partial charge on any atom is 0.319 e. The highest BCUT2D eigenvalue weighted by molar-refractivity contribution is 7.92. The third kappa shape index (κ3) is 4.95. The van der Waals surface area contributed by atoms with E-state index in [0.29, 0.717) is 6.54 Å². The molecule has 1 heterocycles. The Morgan fingerprint density at radius 2 is 1.75 bits per heavy atom. The van der Waals surface area contributed by atoms with Crippen LogP contribution in [0.3, 0.4) is 0 Å². The van der Waals surface area contributed by atoms with E-state index in [0.717, 1.165) is 28.1 Å². The van der Waals surface area contributed by atoms with E-state index < -0.39 is 21.6 Å². The summed E-state index contributed by atoms with van der Waals surface area (Å²) in [6.07, 6.45) is 1.79. The summed E-state index contributed by atoms with van der Waals surface area (Å²) in [5, 5.41) is 11.9. The van der Waals surface area contributed by atoms with Crippen molar-refractivity contribution in [2.45, 2.75) is 18.4 Å². The van der Waals surface area contributed by atoms with Gasteiger partial charge >= 0.3 is 5.97 Å². The Bertz CT molecular complexity index is 1090. The van der Waals surface area contributed by atoms with Crippen molar-refractivity contribution >= 4 is 21.5 Å². The molecule has 0 amide bonds. The van der Waals surface area contributed by atoms with Gasteiger partial charge in [-0.3, -0.25) is 9.78 Å². The summed E-state index contributed by atoms with van der Waals surface area (Å²) in [5.74, 6) is -2.28. The number of aliphatic carboxylic acids is 1. The number of sulfone groups is 1. The van der Waals surface area contributed by atoms with Crippen LogP contribution in [0.15, 0.2) is 71.8 Å². The van der Waals surface area contributed by atoms with Crippen LogP contribution in [-0.4, -0.2) is 30.2 Å². The average molecular weight is 396 g/mol. The Morgan fingerprint density at radius 1 is 1.04 bits per heavy atom. The molecule has 0 unspecified atom stereocenters. The summed E-state index contributed by atoms with van der Waals surface area (Å²) in [5.41, 5.74) is 4.98. The Hall–Kier alpha value is -3.19. The smallest absolute Gasteiger partial charge is 0.319 e. The monoisotopic (exact) mass is 396 g/mol. The summed E-state index contributed by atoms with van der Waals surface area (Å²) in [6.45, 7) is 2.52. The van der Waals surface area contributed by atoms with Crippen LogP contribution in [0.25, 0.3) is 11.1 Å². The van der Waals surface area contributed by atoms with Crippen molar-refractivity contribution in [3.63, 3.8) is 0 Å². The van der Waals surface area contributed by atoms with Gasteiger partial charge in [0.1, 0.15) is 0 Å². The SMILES string of the molecule is Cc1cc(-c2cccc(CNc3ccc(S(=O)(=O)CC(=O)O)cc3)c2)ccn1. The third-order valence-corrected chi connectivity index (χ3v) is 5.80. The Balaban J connectivity index is 1.69. The summed E-state index contributed by atoms with van der Waals surface area (Å²) < 4.78 is 23.8. The van der Waals surface area contributed by atoms with Gasteiger partial charge in [0.05, 0.1) is 4.90 Å². The van der Waals surface area contributed by atoms with Crippen LogP contribution in [0.4, 0.5) is 5.69 Å². The van der Waals surface area contributed by atoms with E-state index in [2.05, 4.69) is 16.4 Å². The van der Waals surface area contributed by atoms with Crippen molar-refractivity contribution in [2.75, 3.05) is 11.1 Å². The van der Waals surface area contributed by atoms with Gasteiger partial charge in [0.2, 0.25) is 0 Å². The van der Waals surface area contributed by atoms with Crippen LogP contribution in [0.5, 0.6) is 0 Å². The lowest BCUT2D eigenvalue weighted by Crippen LogP contribution is -2.15. The summed E-state index contributed by atoms with van der Waals surface area (Å²) >= 11 is 0. The van der Waals surface area contributed by atoms with Gasteiger partial charge in [0.15, 0.2) is 15.6 Å². The molecule has 0 aliphatic rings. The van der Waals surface area contributed by atoms with Gasteiger partial charge in [-0.15, -0.1) is 0 Å². The molecule has 2 aromatic carbocycles. The molecule has 0 saturated carbocycles. The van der Waals surface area contributed by atoms with Gasteiger partial charge in [0.25, 0.3) is 0 Å². The number of hydrogen-bond donors (Lipinski definition) is 2. The molecule has 3 aromatic rings. The van der Waals surface area contributed by atoms with E-state index in [-0.39, 0.29) is 4.90 Å². The van der Waals surface area contributed by atoms with Crippen LogP contribution in [0.2, 0.25) is 0 Å². The highest BCUT2D eigenvalue weighted by Crippen LogP contribution is 2.22. The summed E-state index contributed by atoms with van der Waals surface area (Å²) in [4.78, 5) is 14.9. The van der Waals surface area contributed by atoms with E-state index >= 15 is 0 Å². The predicted molar refractivity (Wildman–Crippen MR) is 108 cm³/mol. The van der Waals surface area contributed by atoms with Crippen LogP contribution in [0.1, 0.15) is 11.3 Å². The molecule has 144 valence electrons. The molecule has 0 saturated heterocycles. The molecule has 2 N–H and O–H groups in total. The van der Waals surface area contributed by atoms with Gasteiger partial charge in [-0.25, -0.2) is 8.42 Å². The standard InChI is InChI=1S/C21H20N2O4S/c1-15-11-18(9-10-22-15)17-4-2-3-16(12-17)13-23-19-5-7-20(8-6-19)28(26,27)14-21(24)25/h2-12,23H,13-14H2,1H3,(H,24,25). The van der Waals surface area contributed by atoms with Crippen molar-refractivity contribution in [2.24, 2.45) is 0 Å². The highest BCUT2D eigenvalue weighted by atomic mass is 32.2. The number of carbonyl (C=O) groups is 1. The highest BCUT2D eigenvalue weighted by Gasteiger charge is 2.18. The minimum Gasteiger partial charge on any atom is -0.480 e. The number of carboxylic acid groups (broad SMARTS) is 1. The number of hydrogen-bond acceptors (Lipinski definition) is 5. The first-order chi connectivity index (χ1) is 13.3. The van der Waals surface area contributed by atoms with E-state index in [1.165, 1.54) is 12.1 Å². The molecule has 6 nitrogen and oxygen atoms in total. The lowest BCUT2D eigenvalue weighted by atomic mass is 10.0. The van der Waals surface area contributed by atoms with E-state index in [9.17, 15) is 13.2 Å². The van der Waals surface area contributed by atoms with Crippen LogP contribution in [-0.2, 0) is 21.2 Å². The van der Waals surface area contributed by atoms with Gasteiger partial charge < -0.3 is 10.4 Å². The second-order valence-corrected chi connectivity index (χ2v) is 8.41. The van der Waals surface area contributed by atoms with E-state index in [1.807, 2.05) is 37.3 Å². The lowest BCUT2D eigenvalue weighted by molar-refractivity contribution is -0.134. The predicted octanol–water partition coefficient (Wildman–Crippen LogP) is 3.53. The third-order valence-electron chi connectivity index (χ3n) is 4.18. The van der Waals surface area contributed by atoms with Crippen molar-refractivity contribution in [3.8, 4) is 11.1 Å². The quantitative estimate of drug-likeness (QED) is 0.634. The zero-order valence-corrected chi connectivity index (χ0v) is 16.1. The first-order valence-electron chi connectivity index (χ1n) is 8.64. The van der Waals surface area contributed by atoms with Crippen LogP contribution in [0, 0.1) is 6.92 Å². The molecule has 28 heavy (non-hydrogen) atoms. The van der Waals surface area contributed by atoms with E-state index in [1.54, 1.807) is 18.3 Å². The fraction of sp³-hybridized carbons (Fsp3) is 0.143. The van der Waals surface area contributed by atoms with Gasteiger partial charge in [0, 0.05) is 24.1 Å². The zero-order valence-electron chi connectivity index (χ0n) is 15.3. The molecule has 0 spiro atoms. The molecule has 1 aromatic heterocycles. The molecule has 0 fully saturated rings. The van der Waals surface area contributed by atoms with Crippen molar-refractivity contribution < 1.29 is 18.3 Å². The minimum atomic E-state index is -3.82. The second-order valence-electron chi connectivity index (χ2n) is 6.42. The average Bonchev–Trinajstić information content (AvgIpc) is 2.66. The first kappa shape index (κ1) is 19.6. The van der Waals surface area contributed by atoms with E-state index in [4.69, 9.17) is 5.11 Å². The number of nitrogens with zero attached hydrogens (tertiary/aromatic N) is 1. The summed E-state index contributed by atoms with van der Waals surface area (Å²) in [6, 6.07) is 18.2.